The van der Waals surface area contributed by atoms with E-state index in [0.29, 0.717) is 0 Å². The molecule has 1 atom stereocenters. The first-order valence-corrected chi connectivity index (χ1v) is 22.5. The summed E-state index contributed by atoms with van der Waals surface area (Å²) < 4.78 is 2.65. The second-order valence-corrected chi connectivity index (χ2v) is 20.1. The molecule has 1 aliphatic heterocycles. The lowest BCUT2D eigenvalue weighted by Crippen LogP contribution is -2.42. The molecule has 1 nitrogen and oxygen atoms in total. The van der Waals surface area contributed by atoms with E-state index in [0.717, 1.165) is 12.1 Å². The zero-order valence-electron chi connectivity index (χ0n) is 35.0. The summed E-state index contributed by atoms with van der Waals surface area (Å²) in [5.74, 6) is 0.235. The van der Waals surface area contributed by atoms with Crippen LogP contribution < -0.4 is 16.2 Å². The van der Waals surface area contributed by atoms with Crippen molar-refractivity contribution in [1.29, 1.82) is 0 Å². The number of hydrogen-bond acceptors (Lipinski definition) is 2. The first-order valence-electron chi connectivity index (χ1n) is 21.7. The van der Waals surface area contributed by atoms with Crippen LogP contribution in [-0.2, 0) is 17.3 Å². The van der Waals surface area contributed by atoms with Crippen molar-refractivity contribution in [3.05, 3.63) is 179 Å². The minimum atomic E-state index is 0.114. The molecule has 0 bridgehead atoms. The van der Waals surface area contributed by atoms with Crippen LogP contribution in [0.4, 0.5) is 11.4 Å². The number of aryl methyl sites for hydroxylation is 1. The largest absolute Gasteiger partial charge is 0.355 e. The number of fused-ring (bicyclic) bond motifs is 9. The lowest BCUT2D eigenvalue weighted by molar-refractivity contribution is 0.332. The van der Waals surface area contributed by atoms with Crippen molar-refractivity contribution in [2.24, 2.45) is 0 Å². The van der Waals surface area contributed by atoms with Crippen molar-refractivity contribution < 1.29 is 0 Å². The number of benzene rings is 8. The fourth-order valence-electron chi connectivity index (χ4n) is 11.1. The lowest BCUT2D eigenvalue weighted by Gasteiger charge is -2.42. The highest BCUT2D eigenvalue weighted by atomic mass is 32.1. The molecule has 9 aromatic rings. The first kappa shape index (κ1) is 36.0. The van der Waals surface area contributed by atoms with Crippen LogP contribution in [0, 0.1) is 6.92 Å². The molecule has 0 spiro atoms. The Hall–Kier alpha value is -5.90. The Bertz CT molecular complexity index is 3260. The van der Waals surface area contributed by atoms with Gasteiger partial charge >= 0.3 is 0 Å². The summed E-state index contributed by atoms with van der Waals surface area (Å²) in [5, 5.41) is 9.40. The van der Waals surface area contributed by atoms with Gasteiger partial charge in [-0.3, -0.25) is 0 Å². The SMILES string of the molecule is Cc1cc2c(cc1Nc1ccc3c(sc4ccccc43)c1-c1cc(-c3ccccc3)cc3c1[B]c1cccc4c1C3Cc1cc3ccccc3cc1-4)C(C)(C)CCC2(C)C. The molecule has 1 N–H and O–H groups in total. The topological polar surface area (TPSA) is 12.0 Å². The first-order chi connectivity index (χ1) is 29.1. The van der Waals surface area contributed by atoms with Crippen LogP contribution in [0.5, 0.6) is 0 Å². The highest BCUT2D eigenvalue weighted by molar-refractivity contribution is 7.26. The van der Waals surface area contributed by atoms with Crippen LogP contribution in [0.3, 0.4) is 0 Å². The minimum absolute atomic E-state index is 0.114. The fourth-order valence-corrected chi connectivity index (χ4v) is 12.3. The van der Waals surface area contributed by atoms with E-state index < -0.39 is 0 Å². The van der Waals surface area contributed by atoms with E-state index in [-0.39, 0.29) is 16.7 Å². The molecule has 1 radical (unpaired) electrons. The van der Waals surface area contributed by atoms with Crippen molar-refractivity contribution in [2.45, 2.75) is 70.6 Å². The summed E-state index contributed by atoms with van der Waals surface area (Å²) in [6.45, 7) is 12.0. The third-order valence-electron chi connectivity index (χ3n) is 14.5. The van der Waals surface area contributed by atoms with Gasteiger partial charge in [0.15, 0.2) is 7.28 Å². The zero-order chi connectivity index (χ0) is 40.5. The second kappa shape index (κ2) is 13.1. The summed E-state index contributed by atoms with van der Waals surface area (Å²) in [6.07, 6.45) is 3.37. The predicted octanol–water partition coefficient (Wildman–Crippen LogP) is 14.3. The van der Waals surface area contributed by atoms with Crippen LogP contribution >= 0.6 is 11.3 Å². The Kier molecular flexibility index (Phi) is 7.83. The van der Waals surface area contributed by atoms with Gasteiger partial charge in [0.05, 0.1) is 0 Å². The summed E-state index contributed by atoms with van der Waals surface area (Å²) in [4.78, 5) is 0. The van der Waals surface area contributed by atoms with Gasteiger partial charge in [0, 0.05) is 43.0 Å². The minimum Gasteiger partial charge on any atom is -0.355 e. The van der Waals surface area contributed by atoms with Gasteiger partial charge < -0.3 is 5.32 Å². The quantitative estimate of drug-likeness (QED) is 0.175. The molecule has 0 amide bonds. The Morgan fingerprint density at radius 2 is 1.33 bits per heavy atom. The monoisotopic (exact) mass is 788 g/mol. The van der Waals surface area contributed by atoms with E-state index in [1.165, 1.54) is 127 Å². The maximum atomic E-state index is 4.14. The summed E-state index contributed by atoms with van der Waals surface area (Å²) in [6, 6.07) is 55.5. The van der Waals surface area contributed by atoms with Gasteiger partial charge in [-0.05, 0) is 139 Å². The van der Waals surface area contributed by atoms with E-state index >= 15 is 0 Å². The smallest absolute Gasteiger partial charge is 0.193 e. The lowest BCUT2D eigenvalue weighted by atomic mass is 9.50. The predicted molar refractivity (Wildman–Crippen MR) is 260 cm³/mol. The molecule has 0 fully saturated rings. The van der Waals surface area contributed by atoms with E-state index in [2.05, 4.69) is 193 Å². The molecule has 2 heterocycles. The maximum absolute atomic E-state index is 4.14. The van der Waals surface area contributed by atoms with Gasteiger partial charge in [-0.25, -0.2) is 0 Å². The Morgan fingerprint density at radius 1 is 0.600 bits per heavy atom. The molecule has 8 aromatic carbocycles. The average molecular weight is 789 g/mol. The number of anilines is 2. The molecule has 60 heavy (non-hydrogen) atoms. The van der Waals surface area contributed by atoms with Crippen LogP contribution in [0.1, 0.15) is 79.8 Å². The van der Waals surface area contributed by atoms with Crippen molar-refractivity contribution in [3.8, 4) is 33.4 Å². The number of thiophene rings is 1. The van der Waals surface area contributed by atoms with Crippen LogP contribution in [0.15, 0.2) is 146 Å². The van der Waals surface area contributed by atoms with E-state index in [4.69, 9.17) is 0 Å². The molecule has 2 aliphatic carbocycles. The Labute approximate surface area is 358 Å². The van der Waals surface area contributed by atoms with Gasteiger partial charge in [-0.15, -0.1) is 11.3 Å². The van der Waals surface area contributed by atoms with Crippen molar-refractivity contribution >= 4 is 71.9 Å². The van der Waals surface area contributed by atoms with Gasteiger partial charge in [0.25, 0.3) is 0 Å². The number of nitrogens with one attached hydrogen (secondary N) is 1. The Balaban J connectivity index is 1.12. The second-order valence-electron chi connectivity index (χ2n) is 19.0. The van der Waals surface area contributed by atoms with Gasteiger partial charge in [0.1, 0.15) is 0 Å². The molecule has 3 aliphatic rings. The normalized spacial score (nSPS) is 16.8. The molecule has 1 aromatic heterocycles. The van der Waals surface area contributed by atoms with Crippen molar-refractivity contribution in [1.82, 2.24) is 0 Å². The number of rotatable bonds is 4. The summed E-state index contributed by atoms with van der Waals surface area (Å²) >= 11 is 1.93. The van der Waals surface area contributed by atoms with Crippen LogP contribution in [-0.4, -0.2) is 7.28 Å². The summed E-state index contributed by atoms with van der Waals surface area (Å²) in [5.41, 5.74) is 21.8. The van der Waals surface area contributed by atoms with Gasteiger partial charge in [-0.1, -0.05) is 154 Å². The molecular formula is C57H47BNS. The molecule has 0 saturated carbocycles. The Morgan fingerprint density at radius 3 is 2.15 bits per heavy atom. The third kappa shape index (κ3) is 5.44. The van der Waals surface area contributed by atoms with E-state index in [1.54, 1.807) is 0 Å². The molecule has 0 saturated heterocycles. The molecule has 3 heteroatoms. The summed E-state index contributed by atoms with van der Waals surface area (Å²) in [7, 11) is 2.52. The van der Waals surface area contributed by atoms with Crippen LogP contribution in [0.25, 0.3) is 64.3 Å². The molecular weight excluding hydrogens is 742 g/mol. The van der Waals surface area contributed by atoms with Crippen molar-refractivity contribution in [3.63, 3.8) is 0 Å². The zero-order valence-corrected chi connectivity index (χ0v) is 35.9. The van der Waals surface area contributed by atoms with Gasteiger partial charge in [0.2, 0.25) is 0 Å². The molecule has 12 rings (SSSR count). The van der Waals surface area contributed by atoms with Crippen molar-refractivity contribution in [2.75, 3.05) is 5.32 Å². The van der Waals surface area contributed by atoms with Crippen LogP contribution in [0.2, 0.25) is 0 Å². The maximum Gasteiger partial charge on any atom is 0.193 e. The van der Waals surface area contributed by atoms with E-state index in [1.807, 2.05) is 11.3 Å². The highest BCUT2D eigenvalue weighted by Gasteiger charge is 2.38. The standard InChI is InChI=1S/C57H47BNS/c1-33-26-46-47(57(4,5)25-24-56(46,2)3)32-50(33)59-49-23-22-41-39-18-11-12-21-51(39)60-55(41)53(49)45-30-37(34-14-7-6-8-15-34)29-44-43-31-38-27-35-16-9-10-17-36(35)28-42(38)40-19-13-20-48(52(40)43)58-54(44)45/h6-23,26-30,32,43,59H,24-25,31H2,1-5H3. The molecule has 289 valence electrons. The highest BCUT2D eigenvalue weighted by Crippen LogP contribution is 2.51. The fraction of sp³-hybridized carbons (Fsp3) is 0.193. The molecule has 1 unspecified atom stereocenters. The van der Waals surface area contributed by atoms with E-state index in [9.17, 15) is 0 Å². The third-order valence-corrected chi connectivity index (χ3v) is 15.7. The average Bonchev–Trinajstić information content (AvgIpc) is 3.64. The van der Waals surface area contributed by atoms with Gasteiger partial charge in [-0.2, -0.15) is 0 Å². The number of hydrogen-bond donors (Lipinski definition) is 1.